The van der Waals surface area contributed by atoms with Crippen LogP contribution >= 0.6 is 0 Å². The number of nitrogens with zero attached hydrogens (tertiary/aromatic N) is 4. The predicted molar refractivity (Wildman–Crippen MR) is 166 cm³/mol. The van der Waals surface area contributed by atoms with Gasteiger partial charge in [-0.1, -0.05) is 36.4 Å². The zero-order valence-corrected chi connectivity index (χ0v) is 24.3. The minimum absolute atomic E-state index is 0.155. The average Bonchev–Trinajstić information content (AvgIpc) is 3.10. The van der Waals surface area contributed by atoms with Gasteiger partial charge < -0.3 is 19.7 Å². The SMILES string of the molecule is COC(=O)c1ccc(CN(C(=O)c2ccncc2)c2ccccc2)nc1.COC(=O)c1ccc(CNc2ccccc2)nc1. The van der Waals surface area contributed by atoms with E-state index in [0.29, 0.717) is 28.9 Å². The molecule has 0 aliphatic carbocycles. The second kappa shape index (κ2) is 15.9. The number of benzene rings is 2. The molecular weight excluding hydrogens is 558 g/mol. The van der Waals surface area contributed by atoms with Crippen molar-refractivity contribution in [3.05, 3.63) is 150 Å². The molecule has 0 saturated carbocycles. The lowest BCUT2D eigenvalue weighted by atomic mass is 10.2. The molecule has 2 aromatic carbocycles. The van der Waals surface area contributed by atoms with Crippen LogP contribution in [0.25, 0.3) is 0 Å². The van der Waals surface area contributed by atoms with E-state index in [1.807, 2.05) is 66.7 Å². The maximum absolute atomic E-state index is 13.0. The summed E-state index contributed by atoms with van der Waals surface area (Å²) in [7, 11) is 2.67. The summed E-state index contributed by atoms with van der Waals surface area (Å²) in [6.45, 7) is 0.887. The van der Waals surface area contributed by atoms with E-state index in [1.165, 1.54) is 26.6 Å². The standard InChI is InChI=1S/C20H17N3O3.C14H14N2O2/c1-26-20(25)16-7-8-17(22-13-16)14-23(18-5-3-2-4-6-18)19(24)15-9-11-21-12-10-15;1-18-14(17)11-7-8-13(15-9-11)10-16-12-5-3-2-4-6-12/h2-13H,14H2,1H3;2-9,16H,10H2,1H3. The first-order valence-electron chi connectivity index (χ1n) is 13.6. The molecule has 0 aliphatic rings. The summed E-state index contributed by atoms with van der Waals surface area (Å²) < 4.78 is 9.28. The molecule has 1 N–H and O–H groups in total. The van der Waals surface area contributed by atoms with Crippen molar-refractivity contribution in [2.45, 2.75) is 13.1 Å². The number of pyridine rings is 3. The Bertz CT molecular complexity index is 1630. The number of amides is 1. The van der Waals surface area contributed by atoms with Gasteiger partial charge in [-0.05, 0) is 60.7 Å². The number of esters is 2. The molecule has 0 atom stereocenters. The van der Waals surface area contributed by atoms with E-state index in [-0.39, 0.29) is 18.4 Å². The molecule has 0 saturated heterocycles. The molecule has 5 aromatic rings. The Balaban J connectivity index is 0.000000215. The fourth-order valence-corrected chi connectivity index (χ4v) is 3.97. The van der Waals surface area contributed by atoms with Gasteiger partial charge in [-0.2, -0.15) is 0 Å². The Morgan fingerprint density at radius 3 is 1.73 bits per heavy atom. The molecule has 10 heteroatoms. The molecule has 44 heavy (non-hydrogen) atoms. The number of rotatable bonds is 9. The first kappa shape index (κ1) is 31.0. The molecule has 3 aromatic heterocycles. The lowest BCUT2D eigenvalue weighted by molar-refractivity contribution is 0.0591. The predicted octanol–water partition coefficient (Wildman–Crippen LogP) is 5.59. The number of hydrogen-bond acceptors (Lipinski definition) is 9. The lowest BCUT2D eigenvalue weighted by Gasteiger charge is -2.22. The van der Waals surface area contributed by atoms with E-state index < -0.39 is 5.97 Å². The lowest BCUT2D eigenvalue weighted by Crippen LogP contribution is -2.30. The van der Waals surface area contributed by atoms with Crippen LogP contribution in [-0.4, -0.2) is 47.0 Å². The highest BCUT2D eigenvalue weighted by atomic mass is 16.5. The maximum atomic E-state index is 13.0. The second-order valence-electron chi connectivity index (χ2n) is 9.24. The van der Waals surface area contributed by atoms with Crippen LogP contribution in [0.2, 0.25) is 0 Å². The number of para-hydroxylation sites is 2. The van der Waals surface area contributed by atoms with Gasteiger partial charge in [0.25, 0.3) is 5.91 Å². The molecule has 0 aliphatic heterocycles. The largest absolute Gasteiger partial charge is 0.465 e. The van der Waals surface area contributed by atoms with Crippen molar-refractivity contribution in [3.63, 3.8) is 0 Å². The zero-order valence-electron chi connectivity index (χ0n) is 24.3. The molecule has 0 fully saturated rings. The minimum Gasteiger partial charge on any atom is -0.465 e. The highest BCUT2D eigenvalue weighted by molar-refractivity contribution is 6.05. The topological polar surface area (TPSA) is 124 Å². The summed E-state index contributed by atoms with van der Waals surface area (Å²) in [5.41, 5.74) is 4.68. The van der Waals surface area contributed by atoms with Crippen molar-refractivity contribution in [3.8, 4) is 0 Å². The second-order valence-corrected chi connectivity index (χ2v) is 9.24. The van der Waals surface area contributed by atoms with Crippen molar-refractivity contribution < 1.29 is 23.9 Å². The van der Waals surface area contributed by atoms with Crippen LogP contribution in [0.15, 0.2) is 122 Å². The first-order valence-corrected chi connectivity index (χ1v) is 13.6. The van der Waals surface area contributed by atoms with Crippen molar-refractivity contribution in [2.75, 3.05) is 24.4 Å². The maximum Gasteiger partial charge on any atom is 0.339 e. The van der Waals surface area contributed by atoms with E-state index in [1.54, 1.807) is 47.6 Å². The van der Waals surface area contributed by atoms with Gasteiger partial charge >= 0.3 is 11.9 Å². The highest BCUT2D eigenvalue weighted by Gasteiger charge is 2.19. The van der Waals surface area contributed by atoms with Gasteiger partial charge in [0.2, 0.25) is 0 Å². The van der Waals surface area contributed by atoms with Gasteiger partial charge in [0.1, 0.15) is 0 Å². The van der Waals surface area contributed by atoms with Gasteiger partial charge in [-0.15, -0.1) is 0 Å². The average molecular weight is 590 g/mol. The van der Waals surface area contributed by atoms with Gasteiger partial charge in [0.05, 0.1) is 49.8 Å². The molecular formula is C34H31N5O5. The van der Waals surface area contributed by atoms with Crippen LogP contribution in [0.4, 0.5) is 11.4 Å². The monoisotopic (exact) mass is 589 g/mol. The Labute approximate surface area is 255 Å². The molecule has 3 heterocycles. The number of methoxy groups -OCH3 is 2. The molecule has 10 nitrogen and oxygen atoms in total. The summed E-state index contributed by atoms with van der Waals surface area (Å²) in [6.07, 6.45) is 6.13. The summed E-state index contributed by atoms with van der Waals surface area (Å²) >= 11 is 0. The summed E-state index contributed by atoms with van der Waals surface area (Å²) in [5.74, 6) is -0.973. The van der Waals surface area contributed by atoms with Crippen LogP contribution in [0.1, 0.15) is 42.5 Å². The van der Waals surface area contributed by atoms with Gasteiger partial charge in [0, 0.05) is 41.7 Å². The van der Waals surface area contributed by atoms with Crippen molar-refractivity contribution >= 4 is 29.2 Å². The van der Waals surface area contributed by atoms with Crippen LogP contribution in [0.3, 0.4) is 0 Å². The van der Waals surface area contributed by atoms with Crippen LogP contribution in [0.5, 0.6) is 0 Å². The molecule has 0 spiro atoms. The van der Waals surface area contributed by atoms with Crippen molar-refractivity contribution in [1.29, 1.82) is 0 Å². The molecule has 222 valence electrons. The van der Waals surface area contributed by atoms with Crippen LogP contribution < -0.4 is 10.2 Å². The Hall–Kier alpha value is -5.90. The summed E-state index contributed by atoms with van der Waals surface area (Å²) in [4.78, 5) is 49.8. The van der Waals surface area contributed by atoms with Gasteiger partial charge in [-0.25, -0.2) is 9.59 Å². The van der Waals surface area contributed by atoms with E-state index >= 15 is 0 Å². The summed E-state index contributed by atoms with van der Waals surface area (Å²) in [6, 6.07) is 29.4. The number of hydrogen-bond donors (Lipinski definition) is 1. The Morgan fingerprint density at radius 2 is 1.20 bits per heavy atom. The number of aromatic nitrogens is 3. The molecule has 5 rings (SSSR count). The van der Waals surface area contributed by atoms with Crippen LogP contribution in [0, 0.1) is 0 Å². The van der Waals surface area contributed by atoms with E-state index in [9.17, 15) is 14.4 Å². The smallest absolute Gasteiger partial charge is 0.339 e. The molecule has 1 amide bonds. The fourth-order valence-electron chi connectivity index (χ4n) is 3.97. The summed E-state index contributed by atoms with van der Waals surface area (Å²) in [5, 5.41) is 3.24. The number of anilines is 2. The molecule has 0 unspecified atom stereocenters. The van der Waals surface area contributed by atoms with Crippen LogP contribution in [-0.2, 0) is 22.6 Å². The quantitative estimate of drug-likeness (QED) is 0.219. The zero-order chi connectivity index (χ0) is 31.1. The Kier molecular flexibility index (Phi) is 11.2. The number of carbonyl (C=O) groups excluding carboxylic acids is 3. The third kappa shape index (κ3) is 8.80. The molecule has 0 bridgehead atoms. The number of ether oxygens (including phenoxy) is 2. The first-order chi connectivity index (χ1) is 21.5. The van der Waals surface area contributed by atoms with Gasteiger partial charge in [-0.3, -0.25) is 19.7 Å². The molecule has 0 radical (unpaired) electrons. The van der Waals surface area contributed by atoms with E-state index in [0.717, 1.165) is 17.1 Å². The minimum atomic E-state index is -0.447. The highest BCUT2D eigenvalue weighted by Crippen LogP contribution is 2.19. The third-order valence-electron chi connectivity index (χ3n) is 6.30. The fraction of sp³-hybridized carbons (Fsp3) is 0.118. The van der Waals surface area contributed by atoms with Crippen molar-refractivity contribution in [1.82, 2.24) is 15.0 Å². The van der Waals surface area contributed by atoms with E-state index in [2.05, 4.69) is 29.7 Å². The normalized spacial score (nSPS) is 10.0. The Morgan fingerprint density at radius 1 is 0.659 bits per heavy atom. The van der Waals surface area contributed by atoms with E-state index in [4.69, 9.17) is 0 Å². The van der Waals surface area contributed by atoms with Gasteiger partial charge in [0.15, 0.2) is 0 Å². The van der Waals surface area contributed by atoms with Crippen molar-refractivity contribution in [2.24, 2.45) is 0 Å². The third-order valence-corrected chi connectivity index (χ3v) is 6.30. The number of carbonyl (C=O) groups is 3. The number of nitrogens with one attached hydrogen (secondary N) is 1.